The monoisotopic (exact) mass is 412 g/mol. The van der Waals surface area contributed by atoms with E-state index in [1.54, 1.807) is 11.7 Å². The number of nitrogens with one attached hydrogen (secondary N) is 1. The minimum atomic E-state index is -0.105. The summed E-state index contributed by atoms with van der Waals surface area (Å²) in [6, 6.07) is 2.05. The Labute approximate surface area is 177 Å². The van der Waals surface area contributed by atoms with Crippen molar-refractivity contribution < 1.29 is 9.59 Å². The second-order valence-electron chi connectivity index (χ2n) is 9.08. The van der Waals surface area contributed by atoms with Crippen LogP contribution < -0.4 is 5.32 Å². The number of nitrogens with zero attached hydrogens (tertiary/aromatic N) is 5. The molecule has 3 heterocycles. The van der Waals surface area contributed by atoms with Crippen LogP contribution in [-0.4, -0.2) is 48.9 Å². The quantitative estimate of drug-likeness (QED) is 0.817. The second-order valence-corrected chi connectivity index (χ2v) is 9.08. The molecule has 2 aliphatic rings. The van der Waals surface area contributed by atoms with Gasteiger partial charge in [-0.3, -0.25) is 19.0 Å². The molecule has 2 aromatic heterocycles. The van der Waals surface area contributed by atoms with Crippen LogP contribution in [0.5, 0.6) is 0 Å². The maximum absolute atomic E-state index is 13.1. The number of carbonyl (C=O) groups is 2. The maximum Gasteiger partial charge on any atom is 0.272 e. The molecule has 0 saturated heterocycles. The average Bonchev–Trinajstić information content (AvgIpc) is 3.40. The lowest BCUT2D eigenvalue weighted by Crippen LogP contribution is -2.38. The van der Waals surface area contributed by atoms with Gasteiger partial charge in [-0.05, 0) is 31.7 Å². The summed E-state index contributed by atoms with van der Waals surface area (Å²) in [5.41, 5.74) is 3.86. The van der Waals surface area contributed by atoms with E-state index in [4.69, 9.17) is 5.10 Å². The predicted octanol–water partition coefficient (Wildman–Crippen LogP) is 2.45. The molecule has 4 rings (SSSR count). The molecule has 1 aliphatic heterocycles. The van der Waals surface area contributed by atoms with Crippen molar-refractivity contribution in [3.8, 4) is 0 Å². The third-order valence-electron chi connectivity index (χ3n) is 6.09. The van der Waals surface area contributed by atoms with E-state index in [1.807, 2.05) is 22.6 Å². The molecule has 0 spiro atoms. The molecular weight excluding hydrogens is 380 g/mol. The fourth-order valence-corrected chi connectivity index (χ4v) is 4.64. The van der Waals surface area contributed by atoms with E-state index in [0.717, 1.165) is 49.2 Å². The molecular formula is C22H32N6O2. The van der Waals surface area contributed by atoms with Crippen LogP contribution in [0, 0.1) is 12.8 Å². The third kappa shape index (κ3) is 4.00. The van der Waals surface area contributed by atoms with Gasteiger partial charge in [-0.15, -0.1) is 0 Å². The summed E-state index contributed by atoms with van der Waals surface area (Å²) in [4.78, 5) is 28.0. The van der Waals surface area contributed by atoms with Gasteiger partial charge in [0.25, 0.3) is 11.8 Å². The van der Waals surface area contributed by atoms with E-state index in [0.29, 0.717) is 36.8 Å². The summed E-state index contributed by atoms with van der Waals surface area (Å²) in [6.07, 6.45) is 5.10. The Morgan fingerprint density at radius 3 is 2.60 bits per heavy atom. The second kappa shape index (κ2) is 8.24. The number of fused-ring (bicyclic) bond motifs is 1. The predicted molar refractivity (Wildman–Crippen MR) is 113 cm³/mol. The van der Waals surface area contributed by atoms with Gasteiger partial charge in [0, 0.05) is 43.9 Å². The number of hydrogen-bond acceptors (Lipinski definition) is 4. The highest BCUT2D eigenvalue weighted by Gasteiger charge is 2.32. The lowest BCUT2D eigenvalue weighted by atomic mass is 10.0. The minimum absolute atomic E-state index is 0.0532. The molecule has 0 unspecified atom stereocenters. The average molecular weight is 413 g/mol. The molecule has 0 aromatic carbocycles. The highest BCUT2D eigenvalue weighted by atomic mass is 16.2. The van der Waals surface area contributed by atoms with Crippen LogP contribution in [0.25, 0.3) is 0 Å². The number of aryl methyl sites for hydroxylation is 2. The highest BCUT2D eigenvalue weighted by molar-refractivity contribution is 5.95. The molecule has 0 bridgehead atoms. The number of rotatable bonds is 5. The highest BCUT2D eigenvalue weighted by Crippen LogP contribution is 2.26. The molecule has 1 fully saturated rings. The van der Waals surface area contributed by atoms with Crippen LogP contribution in [0.15, 0.2) is 6.07 Å². The van der Waals surface area contributed by atoms with Crippen LogP contribution in [0.1, 0.15) is 77.5 Å². The van der Waals surface area contributed by atoms with Crippen molar-refractivity contribution in [1.29, 1.82) is 0 Å². The van der Waals surface area contributed by atoms with Gasteiger partial charge in [0.15, 0.2) is 5.69 Å². The Morgan fingerprint density at radius 2 is 1.97 bits per heavy atom. The van der Waals surface area contributed by atoms with E-state index in [1.165, 1.54) is 0 Å². The van der Waals surface area contributed by atoms with Crippen LogP contribution in [-0.2, 0) is 26.6 Å². The number of amides is 2. The molecule has 30 heavy (non-hydrogen) atoms. The van der Waals surface area contributed by atoms with Crippen LogP contribution in [0.3, 0.4) is 0 Å². The molecule has 1 saturated carbocycles. The summed E-state index contributed by atoms with van der Waals surface area (Å²) < 4.78 is 3.61. The third-order valence-corrected chi connectivity index (χ3v) is 6.09. The Bertz CT molecular complexity index is 951. The zero-order valence-corrected chi connectivity index (χ0v) is 18.4. The van der Waals surface area contributed by atoms with E-state index >= 15 is 0 Å². The van der Waals surface area contributed by atoms with E-state index < -0.39 is 0 Å². The Hall–Kier alpha value is -2.64. The van der Waals surface area contributed by atoms with Crippen molar-refractivity contribution in [1.82, 2.24) is 29.8 Å². The summed E-state index contributed by atoms with van der Waals surface area (Å²) in [5.74, 6) is 0.269. The van der Waals surface area contributed by atoms with Crippen LogP contribution in [0.4, 0.5) is 0 Å². The zero-order valence-electron chi connectivity index (χ0n) is 18.4. The van der Waals surface area contributed by atoms with Gasteiger partial charge < -0.3 is 10.2 Å². The van der Waals surface area contributed by atoms with Gasteiger partial charge in [-0.2, -0.15) is 10.2 Å². The number of carbonyl (C=O) groups excluding carboxylic acids is 2. The molecule has 8 heteroatoms. The Balaban J connectivity index is 1.61. The van der Waals surface area contributed by atoms with Gasteiger partial charge >= 0.3 is 0 Å². The summed E-state index contributed by atoms with van der Waals surface area (Å²) in [7, 11) is 1.79. The first-order chi connectivity index (χ1) is 14.3. The maximum atomic E-state index is 13.1. The molecule has 8 nitrogen and oxygen atoms in total. The summed E-state index contributed by atoms with van der Waals surface area (Å²) >= 11 is 0. The SMILES string of the molecule is Cc1cc(C(=O)N2CCc3c(c(C(=O)NC4CCCC4)nn3CC(C)C)C2)n(C)n1. The molecule has 162 valence electrons. The molecule has 1 aliphatic carbocycles. The lowest BCUT2D eigenvalue weighted by Gasteiger charge is -2.28. The lowest BCUT2D eigenvalue weighted by molar-refractivity contribution is 0.0719. The van der Waals surface area contributed by atoms with Crippen LogP contribution >= 0.6 is 0 Å². The van der Waals surface area contributed by atoms with Crippen molar-refractivity contribution in [2.45, 2.75) is 72.0 Å². The van der Waals surface area contributed by atoms with Gasteiger partial charge in [0.1, 0.15) is 5.69 Å². The van der Waals surface area contributed by atoms with Crippen molar-refractivity contribution in [2.75, 3.05) is 6.54 Å². The van der Waals surface area contributed by atoms with E-state index in [9.17, 15) is 9.59 Å². The van der Waals surface area contributed by atoms with Crippen molar-refractivity contribution in [2.24, 2.45) is 13.0 Å². The first-order valence-electron chi connectivity index (χ1n) is 11.0. The number of aromatic nitrogens is 4. The van der Waals surface area contributed by atoms with Gasteiger partial charge in [0.05, 0.1) is 12.2 Å². The number of hydrogen-bond donors (Lipinski definition) is 1. The first kappa shape index (κ1) is 20.6. The Kier molecular flexibility index (Phi) is 5.66. The molecule has 1 N–H and O–H groups in total. The Morgan fingerprint density at radius 1 is 1.23 bits per heavy atom. The van der Waals surface area contributed by atoms with E-state index in [-0.39, 0.29) is 17.9 Å². The fraction of sp³-hybridized carbons (Fsp3) is 0.636. The minimum Gasteiger partial charge on any atom is -0.348 e. The summed E-state index contributed by atoms with van der Waals surface area (Å²) in [6.45, 7) is 7.97. The van der Waals surface area contributed by atoms with Crippen LogP contribution in [0.2, 0.25) is 0 Å². The standard InChI is InChI=1S/C22H32N6O2/c1-14(2)12-28-18-9-10-27(22(30)19-11-15(3)24-26(19)4)13-17(18)20(25-28)21(29)23-16-7-5-6-8-16/h11,14,16H,5-10,12-13H2,1-4H3,(H,23,29). The summed E-state index contributed by atoms with van der Waals surface area (Å²) in [5, 5.41) is 12.2. The molecule has 2 amide bonds. The topological polar surface area (TPSA) is 85.0 Å². The van der Waals surface area contributed by atoms with E-state index in [2.05, 4.69) is 24.3 Å². The smallest absolute Gasteiger partial charge is 0.272 e. The molecule has 0 atom stereocenters. The fourth-order valence-electron chi connectivity index (χ4n) is 4.64. The van der Waals surface area contributed by atoms with Gasteiger partial charge in [-0.25, -0.2) is 0 Å². The van der Waals surface area contributed by atoms with Crippen molar-refractivity contribution in [3.05, 3.63) is 34.4 Å². The van der Waals surface area contributed by atoms with Crippen molar-refractivity contribution >= 4 is 11.8 Å². The molecule has 0 radical (unpaired) electrons. The van der Waals surface area contributed by atoms with Gasteiger partial charge in [0.2, 0.25) is 0 Å². The zero-order chi connectivity index (χ0) is 21.4. The largest absolute Gasteiger partial charge is 0.348 e. The van der Waals surface area contributed by atoms with Crippen molar-refractivity contribution in [3.63, 3.8) is 0 Å². The normalized spacial score (nSPS) is 16.9. The first-order valence-corrected chi connectivity index (χ1v) is 11.0. The molecule has 2 aromatic rings. The van der Waals surface area contributed by atoms with Gasteiger partial charge in [-0.1, -0.05) is 26.7 Å².